The zero-order valence-electron chi connectivity index (χ0n) is 13.3. The standard InChI is InChI=1S/C17H23N3O2/c1-3-15(21)20-9-7-17(12-20)10-14(17)16(22)19(2)11-13-6-4-5-8-18-13/h4-6,8,14H,3,7,9-12H2,1-2H3. The number of rotatable bonds is 4. The molecule has 5 heteroatoms. The van der Waals surface area contributed by atoms with Gasteiger partial charge in [-0.05, 0) is 25.0 Å². The fraction of sp³-hybridized carbons (Fsp3) is 0.588. The molecule has 22 heavy (non-hydrogen) atoms. The van der Waals surface area contributed by atoms with E-state index in [0.717, 1.165) is 31.6 Å². The average Bonchev–Trinajstić information content (AvgIpc) is 3.06. The summed E-state index contributed by atoms with van der Waals surface area (Å²) in [4.78, 5) is 32.4. The molecule has 1 saturated heterocycles. The van der Waals surface area contributed by atoms with Crippen LogP contribution >= 0.6 is 0 Å². The molecule has 0 bridgehead atoms. The summed E-state index contributed by atoms with van der Waals surface area (Å²) in [5.74, 6) is 0.476. The van der Waals surface area contributed by atoms with Crippen LogP contribution in [0.4, 0.5) is 0 Å². The first-order valence-electron chi connectivity index (χ1n) is 7.98. The molecule has 2 fully saturated rings. The maximum absolute atomic E-state index is 12.6. The number of carbonyl (C=O) groups excluding carboxylic acids is 2. The van der Waals surface area contributed by atoms with E-state index in [0.29, 0.717) is 13.0 Å². The number of aromatic nitrogens is 1. The summed E-state index contributed by atoms with van der Waals surface area (Å²) < 4.78 is 0. The predicted octanol–water partition coefficient (Wildman–Crippen LogP) is 1.69. The second kappa shape index (κ2) is 5.71. The van der Waals surface area contributed by atoms with Crippen LogP contribution in [0.3, 0.4) is 0 Å². The molecule has 1 aliphatic carbocycles. The molecule has 3 rings (SSSR count). The van der Waals surface area contributed by atoms with Gasteiger partial charge in [0.2, 0.25) is 11.8 Å². The van der Waals surface area contributed by atoms with Crippen molar-refractivity contribution in [1.82, 2.24) is 14.8 Å². The third kappa shape index (κ3) is 2.72. The van der Waals surface area contributed by atoms with Crippen molar-refractivity contribution in [2.24, 2.45) is 11.3 Å². The number of nitrogens with zero attached hydrogens (tertiary/aromatic N) is 3. The second-order valence-electron chi connectivity index (χ2n) is 6.55. The summed E-state index contributed by atoms with van der Waals surface area (Å²) in [5.41, 5.74) is 0.961. The van der Waals surface area contributed by atoms with Crippen LogP contribution < -0.4 is 0 Å². The fourth-order valence-electron chi connectivity index (χ4n) is 3.56. The minimum absolute atomic E-state index is 0.0558. The summed E-state index contributed by atoms with van der Waals surface area (Å²) in [5, 5.41) is 0. The van der Waals surface area contributed by atoms with E-state index < -0.39 is 0 Å². The van der Waals surface area contributed by atoms with Crippen LogP contribution in [0.1, 0.15) is 31.9 Å². The van der Waals surface area contributed by atoms with Crippen LogP contribution in [0.5, 0.6) is 0 Å². The van der Waals surface area contributed by atoms with Gasteiger partial charge in [0.1, 0.15) is 0 Å². The maximum Gasteiger partial charge on any atom is 0.226 e. The van der Waals surface area contributed by atoms with E-state index in [-0.39, 0.29) is 23.1 Å². The highest BCUT2D eigenvalue weighted by molar-refractivity contribution is 5.83. The zero-order valence-corrected chi connectivity index (χ0v) is 13.3. The molecule has 2 heterocycles. The Morgan fingerprint density at radius 1 is 1.45 bits per heavy atom. The maximum atomic E-state index is 12.6. The molecule has 1 saturated carbocycles. The van der Waals surface area contributed by atoms with E-state index in [1.54, 1.807) is 11.1 Å². The van der Waals surface area contributed by atoms with Gasteiger partial charge in [0.05, 0.1) is 12.2 Å². The van der Waals surface area contributed by atoms with Crippen molar-refractivity contribution < 1.29 is 9.59 Å². The first-order chi connectivity index (χ1) is 10.6. The van der Waals surface area contributed by atoms with Crippen molar-refractivity contribution in [3.05, 3.63) is 30.1 Å². The van der Waals surface area contributed by atoms with Gasteiger partial charge in [-0.15, -0.1) is 0 Å². The average molecular weight is 301 g/mol. The Morgan fingerprint density at radius 3 is 2.95 bits per heavy atom. The highest BCUT2D eigenvalue weighted by Crippen LogP contribution is 2.59. The van der Waals surface area contributed by atoms with Crippen LogP contribution in [0, 0.1) is 11.3 Å². The Hall–Kier alpha value is -1.91. The van der Waals surface area contributed by atoms with Gasteiger partial charge in [-0.2, -0.15) is 0 Å². The largest absolute Gasteiger partial charge is 0.342 e. The first kappa shape index (κ1) is 15.0. The Kier molecular flexibility index (Phi) is 3.89. The molecular formula is C17H23N3O2. The third-order valence-electron chi connectivity index (χ3n) is 5.03. The van der Waals surface area contributed by atoms with Crippen molar-refractivity contribution >= 4 is 11.8 Å². The summed E-state index contributed by atoms with van der Waals surface area (Å²) in [7, 11) is 1.84. The molecule has 5 nitrogen and oxygen atoms in total. The zero-order chi connectivity index (χ0) is 15.7. The van der Waals surface area contributed by atoms with E-state index >= 15 is 0 Å². The van der Waals surface area contributed by atoms with Crippen molar-refractivity contribution in [1.29, 1.82) is 0 Å². The van der Waals surface area contributed by atoms with Crippen molar-refractivity contribution in [3.63, 3.8) is 0 Å². The molecule has 2 amide bonds. The Balaban J connectivity index is 1.58. The van der Waals surface area contributed by atoms with Crippen LogP contribution in [0.15, 0.2) is 24.4 Å². The monoisotopic (exact) mass is 301 g/mol. The van der Waals surface area contributed by atoms with Gasteiger partial charge < -0.3 is 9.80 Å². The van der Waals surface area contributed by atoms with Gasteiger partial charge in [0, 0.05) is 44.1 Å². The summed E-state index contributed by atoms with van der Waals surface area (Å²) in [6.07, 6.45) is 4.18. The lowest BCUT2D eigenvalue weighted by Gasteiger charge is -2.19. The fourth-order valence-corrected chi connectivity index (χ4v) is 3.56. The highest BCUT2D eigenvalue weighted by atomic mass is 16.2. The normalized spacial score (nSPS) is 26.3. The van der Waals surface area contributed by atoms with Gasteiger partial charge in [-0.3, -0.25) is 14.6 Å². The smallest absolute Gasteiger partial charge is 0.226 e. The number of hydrogen-bond acceptors (Lipinski definition) is 3. The van der Waals surface area contributed by atoms with E-state index in [4.69, 9.17) is 0 Å². The summed E-state index contributed by atoms with van der Waals surface area (Å²) in [6.45, 7) is 4.00. The SMILES string of the molecule is CCC(=O)N1CCC2(CC2C(=O)N(C)Cc2ccccn2)C1. The molecule has 2 atom stereocenters. The number of carbonyl (C=O) groups is 2. The molecule has 1 spiro atoms. The molecule has 2 aliphatic rings. The topological polar surface area (TPSA) is 53.5 Å². The molecular weight excluding hydrogens is 278 g/mol. The van der Waals surface area contributed by atoms with Gasteiger partial charge in [-0.25, -0.2) is 0 Å². The lowest BCUT2D eigenvalue weighted by atomic mass is 10.0. The van der Waals surface area contributed by atoms with E-state index in [1.807, 2.05) is 37.1 Å². The lowest BCUT2D eigenvalue weighted by molar-refractivity contribution is -0.133. The third-order valence-corrected chi connectivity index (χ3v) is 5.03. The Bertz CT molecular complexity index is 575. The van der Waals surface area contributed by atoms with Gasteiger partial charge in [-0.1, -0.05) is 13.0 Å². The van der Waals surface area contributed by atoms with E-state index in [9.17, 15) is 9.59 Å². The summed E-state index contributed by atoms with van der Waals surface area (Å²) in [6, 6.07) is 5.74. The van der Waals surface area contributed by atoms with Crippen LogP contribution in [0.25, 0.3) is 0 Å². The molecule has 1 aliphatic heterocycles. The van der Waals surface area contributed by atoms with Crippen molar-refractivity contribution in [2.45, 2.75) is 32.7 Å². The van der Waals surface area contributed by atoms with Crippen molar-refractivity contribution in [2.75, 3.05) is 20.1 Å². The van der Waals surface area contributed by atoms with Gasteiger partial charge >= 0.3 is 0 Å². The quantitative estimate of drug-likeness (QED) is 0.850. The van der Waals surface area contributed by atoms with Gasteiger partial charge in [0.25, 0.3) is 0 Å². The molecule has 1 aromatic rings. The van der Waals surface area contributed by atoms with Gasteiger partial charge in [0.15, 0.2) is 0 Å². The molecule has 0 aromatic carbocycles. The Labute approximate surface area is 131 Å². The van der Waals surface area contributed by atoms with Crippen LogP contribution in [-0.2, 0) is 16.1 Å². The lowest BCUT2D eigenvalue weighted by Crippen LogP contribution is -2.32. The molecule has 2 unspecified atom stereocenters. The van der Waals surface area contributed by atoms with Crippen LogP contribution in [-0.4, -0.2) is 46.7 Å². The number of pyridine rings is 1. The van der Waals surface area contributed by atoms with Crippen molar-refractivity contribution in [3.8, 4) is 0 Å². The Morgan fingerprint density at radius 2 is 2.27 bits per heavy atom. The van der Waals surface area contributed by atoms with E-state index in [2.05, 4.69) is 4.98 Å². The van der Waals surface area contributed by atoms with E-state index in [1.165, 1.54) is 0 Å². The predicted molar refractivity (Wildman–Crippen MR) is 82.7 cm³/mol. The molecule has 0 radical (unpaired) electrons. The summed E-state index contributed by atoms with van der Waals surface area (Å²) >= 11 is 0. The molecule has 118 valence electrons. The first-order valence-corrected chi connectivity index (χ1v) is 7.98. The number of amides is 2. The minimum Gasteiger partial charge on any atom is -0.342 e. The second-order valence-corrected chi connectivity index (χ2v) is 6.55. The van der Waals surface area contributed by atoms with Crippen LogP contribution in [0.2, 0.25) is 0 Å². The molecule has 1 aromatic heterocycles. The minimum atomic E-state index is 0.0558. The highest BCUT2D eigenvalue weighted by Gasteiger charge is 2.61. The number of likely N-dealkylation sites (tertiary alicyclic amines) is 1. The molecule has 0 N–H and O–H groups in total. The number of hydrogen-bond donors (Lipinski definition) is 0.